The third kappa shape index (κ3) is 2.61. The first-order valence-electron chi connectivity index (χ1n) is 5.74. The van der Waals surface area contributed by atoms with E-state index in [4.69, 9.17) is 16.0 Å². The second-order valence-electron chi connectivity index (χ2n) is 4.09. The van der Waals surface area contributed by atoms with Crippen molar-refractivity contribution in [3.8, 4) is 5.75 Å². The molecule has 0 fully saturated rings. The van der Waals surface area contributed by atoms with E-state index in [0.29, 0.717) is 16.5 Å². The van der Waals surface area contributed by atoms with Crippen LogP contribution in [0.2, 0.25) is 5.02 Å². The molecule has 0 saturated heterocycles. The Kier molecular flexibility index (Phi) is 2.97. The highest BCUT2D eigenvalue weighted by Crippen LogP contribution is 2.21. The minimum absolute atomic E-state index is 0.228. The van der Waals surface area contributed by atoms with Crippen LogP contribution >= 0.6 is 11.6 Å². The Morgan fingerprint density at radius 3 is 2.84 bits per heavy atom. The number of phenolic OH excluding ortho intramolecular Hbond substituents is 1. The topological polar surface area (TPSA) is 46.3 Å². The predicted octanol–water partition coefficient (Wildman–Crippen LogP) is 4.36. The van der Waals surface area contributed by atoms with Crippen molar-refractivity contribution in [1.29, 1.82) is 0 Å². The second kappa shape index (κ2) is 4.78. The van der Waals surface area contributed by atoms with E-state index in [1.807, 2.05) is 12.1 Å². The summed E-state index contributed by atoms with van der Waals surface area (Å²) in [5, 5.41) is 10.00. The lowest BCUT2D eigenvalue weighted by Crippen LogP contribution is -1.72. The Bertz CT molecular complexity index is 762. The van der Waals surface area contributed by atoms with Crippen LogP contribution in [0, 0.1) is 0 Å². The molecule has 1 N–H and O–H groups in total. The molecule has 0 aliphatic rings. The van der Waals surface area contributed by atoms with Gasteiger partial charge in [-0.25, -0.2) is 4.98 Å². The number of oxazole rings is 1. The number of aromatic hydroxyl groups is 1. The summed E-state index contributed by atoms with van der Waals surface area (Å²) in [6, 6.07) is 12.3. The van der Waals surface area contributed by atoms with Crippen LogP contribution in [0.15, 0.2) is 46.9 Å². The van der Waals surface area contributed by atoms with Crippen LogP contribution in [0.4, 0.5) is 0 Å². The number of hydrogen-bond donors (Lipinski definition) is 1. The maximum absolute atomic E-state index is 9.37. The molecule has 0 aliphatic carbocycles. The number of hydrogen-bond acceptors (Lipinski definition) is 3. The molecule has 19 heavy (non-hydrogen) atoms. The quantitative estimate of drug-likeness (QED) is 0.753. The summed E-state index contributed by atoms with van der Waals surface area (Å²) in [5.74, 6) is 0.729. The zero-order valence-corrected chi connectivity index (χ0v) is 10.6. The molecule has 3 rings (SSSR count). The van der Waals surface area contributed by atoms with Crippen LogP contribution in [0.25, 0.3) is 23.3 Å². The molecule has 0 aliphatic heterocycles. The summed E-state index contributed by atoms with van der Waals surface area (Å²) < 4.78 is 5.56. The van der Waals surface area contributed by atoms with E-state index < -0.39 is 0 Å². The molecule has 3 aromatic rings. The van der Waals surface area contributed by atoms with Crippen molar-refractivity contribution >= 4 is 34.9 Å². The van der Waals surface area contributed by atoms with E-state index in [0.717, 1.165) is 11.1 Å². The maximum Gasteiger partial charge on any atom is 0.220 e. The van der Waals surface area contributed by atoms with Gasteiger partial charge in [-0.1, -0.05) is 23.7 Å². The molecular formula is C15H10ClNO2. The zero-order chi connectivity index (χ0) is 13.2. The number of benzene rings is 2. The molecule has 2 aromatic carbocycles. The van der Waals surface area contributed by atoms with Crippen molar-refractivity contribution in [3.63, 3.8) is 0 Å². The van der Waals surface area contributed by atoms with Crippen LogP contribution in [0.1, 0.15) is 11.5 Å². The third-order valence-electron chi connectivity index (χ3n) is 2.65. The first-order chi connectivity index (χ1) is 9.20. The van der Waals surface area contributed by atoms with E-state index in [1.54, 1.807) is 42.5 Å². The molecule has 0 saturated carbocycles. The average molecular weight is 272 g/mol. The van der Waals surface area contributed by atoms with Crippen LogP contribution < -0.4 is 0 Å². The predicted molar refractivity (Wildman–Crippen MR) is 76.1 cm³/mol. The van der Waals surface area contributed by atoms with E-state index >= 15 is 0 Å². The van der Waals surface area contributed by atoms with Gasteiger partial charge in [-0.05, 0) is 42.0 Å². The van der Waals surface area contributed by atoms with Crippen molar-refractivity contribution in [2.24, 2.45) is 0 Å². The molecule has 1 heterocycles. The summed E-state index contributed by atoms with van der Waals surface area (Å²) >= 11 is 5.89. The molecule has 0 bridgehead atoms. The minimum atomic E-state index is 0.228. The number of fused-ring (bicyclic) bond motifs is 1. The lowest BCUT2D eigenvalue weighted by atomic mass is 10.2. The summed E-state index contributed by atoms with van der Waals surface area (Å²) in [5.41, 5.74) is 2.29. The van der Waals surface area contributed by atoms with E-state index in [1.165, 1.54) is 0 Å². The van der Waals surface area contributed by atoms with Crippen LogP contribution in [0.5, 0.6) is 5.75 Å². The second-order valence-corrected chi connectivity index (χ2v) is 4.53. The van der Waals surface area contributed by atoms with E-state index in [-0.39, 0.29) is 5.75 Å². The largest absolute Gasteiger partial charge is 0.508 e. The first-order valence-corrected chi connectivity index (χ1v) is 6.12. The van der Waals surface area contributed by atoms with Crippen molar-refractivity contribution in [2.75, 3.05) is 0 Å². The summed E-state index contributed by atoms with van der Waals surface area (Å²) in [4.78, 5) is 4.31. The standard InChI is InChI=1S/C15H10ClNO2/c16-11-5-6-14-13(9-11)17-15(19-14)7-4-10-2-1-3-12(18)8-10/h1-9,18H/b7-4+. The van der Waals surface area contributed by atoms with Gasteiger partial charge in [0, 0.05) is 11.1 Å². The van der Waals surface area contributed by atoms with Crippen molar-refractivity contribution in [1.82, 2.24) is 4.98 Å². The number of aromatic nitrogens is 1. The van der Waals surface area contributed by atoms with Gasteiger partial charge in [0.25, 0.3) is 0 Å². The van der Waals surface area contributed by atoms with Gasteiger partial charge in [-0.2, -0.15) is 0 Å². The average Bonchev–Trinajstić information content (AvgIpc) is 2.78. The van der Waals surface area contributed by atoms with Crippen molar-refractivity contribution in [3.05, 3.63) is 58.9 Å². The van der Waals surface area contributed by atoms with E-state index in [9.17, 15) is 5.11 Å². The molecule has 4 heteroatoms. The smallest absolute Gasteiger partial charge is 0.220 e. The van der Waals surface area contributed by atoms with Gasteiger partial charge >= 0.3 is 0 Å². The van der Waals surface area contributed by atoms with E-state index in [2.05, 4.69) is 4.98 Å². The monoisotopic (exact) mass is 271 g/mol. The fraction of sp³-hybridized carbons (Fsp3) is 0. The Hall–Kier alpha value is -2.26. The van der Waals surface area contributed by atoms with Gasteiger partial charge in [-0.3, -0.25) is 0 Å². The third-order valence-corrected chi connectivity index (χ3v) is 2.89. The summed E-state index contributed by atoms with van der Waals surface area (Å²) in [7, 11) is 0. The number of rotatable bonds is 2. The fourth-order valence-corrected chi connectivity index (χ4v) is 1.95. The highest BCUT2D eigenvalue weighted by Gasteiger charge is 2.03. The van der Waals surface area contributed by atoms with Gasteiger partial charge in [0.1, 0.15) is 11.3 Å². The number of nitrogens with zero attached hydrogens (tertiary/aromatic N) is 1. The lowest BCUT2D eigenvalue weighted by molar-refractivity contribution is 0.475. The summed E-state index contributed by atoms with van der Waals surface area (Å²) in [6.45, 7) is 0. The molecule has 1 aromatic heterocycles. The van der Waals surface area contributed by atoms with Gasteiger partial charge < -0.3 is 9.52 Å². The SMILES string of the molecule is Oc1cccc(/C=C/c2nc3cc(Cl)ccc3o2)c1. The Balaban J connectivity index is 1.92. The normalized spacial score (nSPS) is 11.4. The Morgan fingerprint density at radius 2 is 2.00 bits per heavy atom. The molecule has 0 spiro atoms. The molecule has 0 unspecified atom stereocenters. The molecule has 0 atom stereocenters. The lowest BCUT2D eigenvalue weighted by Gasteiger charge is -1.93. The van der Waals surface area contributed by atoms with Crippen LogP contribution in [-0.2, 0) is 0 Å². The maximum atomic E-state index is 9.37. The Labute approximate surface area is 114 Å². The van der Waals surface area contributed by atoms with Crippen molar-refractivity contribution < 1.29 is 9.52 Å². The highest BCUT2D eigenvalue weighted by atomic mass is 35.5. The molecular weight excluding hydrogens is 262 g/mol. The van der Waals surface area contributed by atoms with Gasteiger partial charge in [-0.15, -0.1) is 0 Å². The highest BCUT2D eigenvalue weighted by molar-refractivity contribution is 6.31. The first kappa shape index (κ1) is 11.8. The van der Waals surface area contributed by atoms with Crippen LogP contribution in [-0.4, -0.2) is 10.1 Å². The molecule has 0 amide bonds. The number of halogens is 1. The summed E-state index contributed by atoms with van der Waals surface area (Å²) in [6.07, 6.45) is 3.58. The minimum Gasteiger partial charge on any atom is -0.508 e. The molecule has 0 radical (unpaired) electrons. The molecule has 94 valence electrons. The van der Waals surface area contributed by atoms with Crippen LogP contribution in [0.3, 0.4) is 0 Å². The molecule has 3 nitrogen and oxygen atoms in total. The van der Waals surface area contributed by atoms with Gasteiger partial charge in [0.15, 0.2) is 5.58 Å². The van der Waals surface area contributed by atoms with Gasteiger partial charge in [0.2, 0.25) is 5.89 Å². The van der Waals surface area contributed by atoms with Crippen molar-refractivity contribution in [2.45, 2.75) is 0 Å². The Morgan fingerprint density at radius 1 is 1.11 bits per heavy atom. The zero-order valence-electron chi connectivity index (χ0n) is 9.88. The fourth-order valence-electron chi connectivity index (χ4n) is 1.79. The van der Waals surface area contributed by atoms with Gasteiger partial charge in [0.05, 0.1) is 0 Å². The number of phenols is 1.